The third kappa shape index (κ3) is 2.63. The van der Waals surface area contributed by atoms with Crippen molar-refractivity contribution in [2.75, 3.05) is 5.43 Å². The highest BCUT2D eigenvalue weighted by Gasteiger charge is 2.11. The second kappa shape index (κ2) is 5.66. The first kappa shape index (κ1) is 14.4. The van der Waals surface area contributed by atoms with Crippen LogP contribution in [0, 0.1) is 10.5 Å². The minimum atomic E-state index is -0.0970. The van der Waals surface area contributed by atoms with Crippen LogP contribution in [-0.4, -0.2) is 19.5 Å². The maximum absolute atomic E-state index is 12.2. The summed E-state index contributed by atoms with van der Waals surface area (Å²) in [7, 11) is 0. The molecule has 3 aromatic heterocycles. The van der Waals surface area contributed by atoms with E-state index in [-0.39, 0.29) is 12.1 Å². The Bertz CT molecular complexity index is 874. The molecule has 0 atom stereocenters. The number of fused-ring (bicyclic) bond motifs is 1. The lowest BCUT2D eigenvalue weighted by atomic mass is 10.3. The average Bonchev–Trinajstić information content (AvgIpc) is 2.95. The van der Waals surface area contributed by atoms with E-state index in [4.69, 9.17) is 5.84 Å². The zero-order chi connectivity index (χ0) is 15.0. The first-order valence-corrected chi connectivity index (χ1v) is 7.98. The summed E-state index contributed by atoms with van der Waals surface area (Å²) in [6, 6.07) is 1.91. The topological polar surface area (TPSA) is 98.7 Å². The highest BCUT2D eigenvalue weighted by Crippen LogP contribution is 2.24. The van der Waals surface area contributed by atoms with Crippen LogP contribution in [0.2, 0.25) is 0 Å². The summed E-state index contributed by atoms with van der Waals surface area (Å²) in [5.74, 6) is 7.20. The first-order chi connectivity index (χ1) is 10.1. The smallest absolute Gasteiger partial charge is 0.267 e. The Morgan fingerprint density at radius 1 is 1.48 bits per heavy atom. The van der Waals surface area contributed by atoms with Crippen LogP contribution in [-0.2, 0) is 6.54 Å². The number of halogens is 1. The van der Waals surface area contributed by atoms with Gasteiger partial charge in [0, 0.05) is 6.20 Å². The third-order valence-corrected chi connectivity index (χ3v) is 4.56. The van der Waals surface area contributed by atoms with E-state index in [1.54, 1.807) is 17.7 Å². The second-order valence-corrected chi connectivity index (χ2v) is 6.37. The first-order valence-electron chi connectivity index (χ1n) is 6.03. The van der Waals surface area contributed by atoms with Crippen molar-refractivity contribution in [1.82, 2.24) is 19.5 Å². The molecule has 21 heavy (non-hydrogen) atoms. The monoisotopic (exact) mass is 414 g/mol. The summed E-state index contributed by atoms with van der Waals surface area (Å²) in [5, 5.41) is 2.80. The van der Waals surface area contributed by atoms with E-state index in [9.17, 15) is 4.79 Å². The van der Waals surface area contributed by atoms with Crippen LogP contribution in [0.1, 0.15) is 11.6 Å². The number of hydrogen-bond acceptors (Lipinski definition) is 7. The lowest BCUT2D eigenvalue weighted by Gasteiger charge is -2.10. The molecular weight excluding hydrogens is 403 g/mol. The molecule has 0 aromatic carbocycles. The van der Waals surface area contributed by atoms with Crippen molar-refractivity contribution in [1.29, 1.82) is 0 Å². The highest BCUT2D eigenvalue weighted by molar-refractivity contribution is 14.1. The van der Waals surface area contributed by atoms with Gasteiger partial charge >= 0.3 is 0 Å². The number of nitrogens with one attached hydrogen (secondary N) is 1. The average molecular weight is 414 g/mol. The van der Waals surface area contributed by atoms with E-state index >= 15 is 0 Å². The van der Waals surface area contributed by atoms with Gasteiger partial charge in [-0.15, -0.1) is 11.3 Å². The fourth-order valence-electron chi connectivity index (χ4n) is 1.96. The summed E-state index contributed by atoms with van der Waals surface area (Å²) in [6.07, 6.45) is 1.56. The number of nitrogens with zero attached hydrogens (tertiary/aromatic N) is 4. The van der Waals surface area contributed by atoms with Crippen LogP contribution in [0.4, 0.5) is 5.82 Å². The molecule has 0 spiro atoms. The second-order valence-electron chi connectivity index (χ2n) is 4.32. The number of rotatable bonds is 3. The van der Waals surface area contributed by atoms with Crippen LogP contribution in [0.25, 0.3) is 10.2 Å². The molecule has 0 radical (unpaired) electrons. The molecule has 3 rings (SSSR count). The van der Waals surface area contributed by atoms with Crippen molar-refractivity contribution in [3.8, 4) is 0 Å². The molecule has 3 N–H and O–H groups in total. The van der Waals surface area contributed by atoms with Crippen molar-refractivity contribution in [2.45, 2.75) is 13.5 Å². The van der Waals surface area contributed by atoms with Gasteiger partial charge in [-0.2, -0.15) is 0 Å². The number of nitrogens with two attached hydrogens (primary N) is 1. The molecule has 0 aliphatic carbocycles. The van der Waals surface area contributed by atoms with Gasteiger partial charge in [-0.3, -0.25) is 9.36 Å². The molecule has 0 fully saturated rings. The van der Waals surface area contributed by atoms with E-state index in [2.05, 4.69) is 20.4 Å². The number of thiophene rings is 1. The Morgan fingerprint density at radius 3 is 3.05 bits per heavy atom. The number of hydrazine groups is 1. The van der Waals surface area contributed by atoms with Gasteiger partial charge < -0.3 is 5.43 Å². The van der Waals surface area contributed by atoms with Crippen LogP contribution in [0.5, 0.6) is 0 Å². The number of anilines is 1. The minimum absolute atomic E-state index is 0.0970. The fourth-order valence-corrected chi connectivity index (χ4v) is 3.17. The van der Waals surface area contributed by atoms with Crippen molar-refractivity contribution in [3.63, 3.8) is 0 Å². The molecule has 0 unspecified atom stereocenters. The van der Waals surface area contributed by atoms with Gasteiger partial charge in [0.2, 0.25) is 0 Å². The van der Waals surface area contributed by atoms with Gasteiger partial charge in [0.05, 0.1) is 15.5 Å². The zero-order valence-corrected chi connectivity index (χ0v) is 14.0. The Labute approximate surface area is 137 Å². The summed E-state index contributed by atoms with van der Waals surface area (Å²) in [6.45, 7) is 2.04. The van der Waals surface area contributed by atoms with Crippen LogP contribution >= 0.6 is 33.9 Å². The molecule has 0 saturated carbocycles. The van der Waals surface area contributed by atoms with Gasteiger partial charge in [-0.1, -0.05) is 0 Å². The molecule has 0 bridgehead atoms. The molecule has 0 saturated heterocycles. The summed E-state index contributed by atoms with van der Waals surface area (Å²) < 4.78 is 2.11. The van der Waals surface area contributed by atoms with Crippen molar-refractivity contribution >= 4 is 50.0 Å². The number of aromatic nitrogens is 4. The fraction of sp³-hybridized carbons (Fsp3) is 0.167. The third-order valence-electron chi connectivity index (χ3n) is 3.01. The van der Waals surface area contributed by atoms with E-state index < -0.39 is 0 Å². The minimum Gasteiger partial charge on any atom is -0.308 e. The van der Waals surface area contributed by atoms with E-state index in [1.165, 1.54) is 11.3 Å². The Morgan fingerprint density at radius 2 is 2.29 bits per heavy atom. The van der Waals surface area contributed by atoms with Crippen molar-refractivity contribution in [2.24, 2.45) is 5.84 Å². The van der Waals surface area contributed by atoms with E-state index in [1.807, 2.05) is 34.0 Å². The molecule has 9 heteroatoms. The summed E-state index contributed by atoms with van der Waals surface area (Å²) in [4.78, 5) is 26.0. The van der Waals surface area contributed by atoms with Crippen LogP contribution in [0.3, 0.4) is 0 Å². The van der Waals surface area contributed by atoms with Gasteiger partial charge in [-0.05, 0) is 41.0 Å². The lowest BCUT2D eigenvalue weighted by Crippen LogP contribution is -2.27. The summed E-state index contributed by atoms with van der Waals surface area (Å²) in [5.41, 5.74) is 2.48. The molecule has 3 heterocycles. The number of hydrogen-bond donors (Lipinski definition) is 2. The highest BCUT2D eigenvalue weighted by atomic mass is 127. The largest absolute Gasteiger partial charge is 0.308 e. The number of aryl methyl sites for hydroxylation is 1. The Balaban J connectivity index is 2.10. The molecule has 108 valence electrons. The Hall–Kier alpha value is -1.59. The van der Waals surface area contributed by atoms with Crippen molar-refractivity contribution < 1.29 is 0 Å². The summed E-state index contributed by atoms with van der Waals surface area (Å²) >= 11 is 3.47. The Kier molecular flexibility index (Phi) is 3.87. The predicted octanol–water partition coefficient (Wildman–Crippen LogP) is 1.49. The number of nitrogen functional groups attached to an aromatic ring is 1. The standard InChI is InChI=1S/C12H11IN6OS/c1-6-15-4-8(13)12(20)19(6)5-9-16-10(18-14)7-2-3-21-11(7)17-9/h2-4H,5,14H2,1H3,(H,16,17,18). The molecular formula is C12H11IN6OS. The maximum atomic E-state index is 12.2. The van der Waals surface area contributed by atoms with Gasteiger partial charge in [0.25, 0.3) is 5.56 Å². The lowest BCUT2D eigenvalue weighted by molar-refractivity contribution is 0.668. The van der Waals surface area contributed by atoms with Gasteiger partial charge in [-0.25, -0.2) is 20.8 Å². The van der Waals surface area contributed by atoms with E-state index in [0.717, 1.165) is 10.2 Å². The van der Waals surface area contributed by atoms with Gasteiger partial charge in [0.1, 0.15) is 10.7 Å². The van der Waals surface area contributed by atoms with Crippen molar-refractivity contribution in [3.05, 3.63) is 43.2 Å². The van der Waals surface area contributed by atoms with Crippen LogP contribution in [0.15, 0.2) is 22.4 Å². The molecule has 0 aliphatic rings. The zero-order valence-electron chi connectivity index (χ0n) is 11.0. The quantitative estimate of drug-likeness (QED) is 0.383. The SMILES string of the molecule is Cc1ncc(I)c(=O)n1Cc1nc(NN)c2ccsc2n1. The molecule has 0 aliphatic heterocycles. The maximum Gasteiger partial charge on any atom is 0.267 e. The van der Waals surface area contributed by atoms with Crippen LogP contribution < -0.4 is 16.8 Å². The van der Waals surface area contributed by atoms with Gasteiger partial charge in [0.15, 0.2) is 11.6 Å². The normalized spacial score (nSPS) is 11.0. The molecule has 3 aromatic rings. The van der Waals surface area contributed by atoms with E-state index in [0.29, 0.717) is 21.0 Å². The molecule has 0 amide bonds. The predicted molar refractivity (Wildman–Crippen MR) is 90.3 cm³/mol. The molecule has 7 nitrogen and oxygen atoms in total.